The first-order valence-corrected chi connectivity index (χ1v) is 7.86. The van der Waals surface area contributed by atoms with E-state index >= 15 is 0 Å². The predicted molar refractivity (Wildman–Crippen MR) is 85.2 cm³/mol. The monoisotopic (exact) mass is 315 g/mol. The van der Waals surface area contributed by atoms with E-state index in [1.54, 1.807) is 11.0 Å². The summed E-state index contributed by atoms with van der Waals surface area (Å²) < 4.78 is 1.61. The number of rotatable bonds is 4. The fourth-order valence-corrected chi connectivity index (χ4v) is 2.74. The van der Waals surface area contributed by atoms with Crippen LogP contribution in [0.25, 0.3) is 5.82 Å². The molecule has 8 heteroatoms. The Morgan fingerprint density at radius 1 is 1.22 bits per heavy atom. The second-order valence-electron chi connectivity index (χ2n) is 6.00. The molecule has 1 amide bonds. The highest BCUT2D eigenvalue weighted by atomic mass is 16.1. The molecule has 0 unspecified atom stereocenters. The standard InChI is InChI=1S/C15H21N7O/c1-11(2)20-15(23)12-3-5-21(6-4-12)13-7-14(18-9-17-13)22-10-16-8-19-22/h7-12H,3-6H2,1-2H3,(H,20,23). The van der Waals surface area contributed by atoms with E-state index in [1.807, 2.05) is 19.9 Å². The van der Waals surface area contributed by atoms with Crippen molar-refractivity contribution in [2.45, 2.75) is 32.7 Å². The van der Waals surface area contributed by atoms with Crippen LogP contribution in [0, 0.1) is 5.92 Å². The SMILES string of the molecule is CC(C)NC(=O)C1CCN(c2cc(-n3cncn3)ncn2)CC1. The normalized spacial score (nSPS) is 15.9. The van der Waals surface area contributed by atoms with Crippen LogP contribution in [-0.4, -0.2) is 49.8 Å². The van der Waals surface area contributed by atoms with Gasteiger partial charge in [-0.25, -0.2) is 19.6 Å². The second-order valence-corrected chi connectivity index (χ2v) is 6.00. The Hall–Kier alpha value is -2.51. The van der Waals surface area contributed by atoms with E-state index in [1.165, 1.54) is 12.7 Å². The number of hydrogen-bond donors (Lipinski definition) is 1. The maximum Gasteiger partial charge on any atom is 0.223 e. The first-order valence-electron chi connectivity index (χ1n) is 7.86. The minimum absolute atomic E-state index is 0.0882. The summed E-state index contributed by atoms with van der Waals surface area (Å²) in [6, 6.07) is 2.08. The average molecular weight is 315 g/mol. The molecule has 0 spiro atoms. The van der Waals surface area contributed by atoms with Gasteiger partial charge in [0.2, 0.25) is 5.91 Å². The van der Waals surface area contributed by atoms with Gasteiger partial charge in [-0.1, -0.05) is 0 Å². The van der Waals surface area contributed by atoms with E-state index in [4.69, 9.17) is 0 Å². The van der Waals surface area contributed by atoms with Crippen LogP contribution in [0.5, 0.6) is 0 Å². The molecule has 2 aromatic heterocycles. The molecule has 0 bridgehead atoms. The lowest BCUT2D eigenvalue weighted by Gasteiger charge is -2.32. The lowest BCUT2D eigenvalue weighted by molar-refractivity contribution is -0.126. The molecule has 1 saturated heterocycles. The molecule has 0 aromatic carbocycles. The zero-order valence-electron chi connectivity index (χ0n) is 13.4. The van der Waals surface area contributed by atoms with Crippen molar-refractivity contribution in [2.75, 3.05) is 18.0 Å². The first-order chi connectivity index (χ1) is 11.1. The lowest BCUT2D eigenvalue weighted by atomic mass is 9.95. The molecule has 8 nitrogen and oxygen atoms in total. The second kappa shape index (κ2) is 6.72. The molecule has 0 aliphatic carbocycles. The summed E-state index contributed by atoms with van der Waals surface area (Å²) in [7, 11) is 0. The number of piperidine rings is 1. The summed E-state index contributed by atoms with van der Waals surface area (Å²) in [5.41, 5.74) is 0. The van der Waals surface area contributed by atoms with Crippen LogP contribution in [0.1, 0.15) is 26.7 Å². The minimum atomic E-state index is 0.0882. The van der Waals surface area contributed by atoms with Crippen molar-refractivity contribution in [1.29, 1.82) is 0 Å². The van der Waals surface area contributed by atoms with Gasteiger partial charge in [-0.3, -0.25) is 4.79 Å². The van der Waals surface area contributed by atoms with Crippen LogP contribution in [-0.2, 0) is 4.79 Å². The first kappa shape index (κ1) is 15.4. The smallest absolute Gasteiger partial charge is 0.223 e. The number of amides is 1. The number of carbonyl (C=O) groups excluding carboxylic acids is 1. The van der Waals surface area contributed by atoms with Crippen molar-refractivity contribution in [2.24, 2.45) is 5.92 Å². The van der Waals surface area contributed by atoms with Gasteiger partial charge in [-0.2, -0.15) is 5.10 Å². The van der Waals surface area contributed by atoms with Gasteiger partial charge in [0.15, 0.2) is 5.82 Å². The third-order valence-electron chi connectivity index (χ3n) is 3.91. The maximum atomic E-state index is 12.1. The van der Waals surface area contributed by atoms with Gasteiger partial charge < -0.3 is 10.2 Å². The summed E-state index contributed by atoms with van der Waals surface area (Å²) in [5.74, 6) is 1.79. The summed E-state index contributed by atoms with van der Waals surface area (Å²) in [5, 5.41) is 7.07. The molecule has 3 heterocycles. The Kier molecular flexibility index (Phi) is 4.50. The zero-order valence-corrected chi connectivity index (χ0v) is 13.4. The number of aromatic nitrogens is 5. The molecular formula is C15H21N7O. The third-order valence-corrected chi connectivity index (χ3v) is 3.91. The van der Waals surface area contributed by atoms with Crippen LogP contribution in [0.15, 0.2) is 25.0 Å². The van der Waals surface area contributed by atoms with E-state index in [0.717, 1.165) is 31.7 Å². The summed E-state index contributed by atoms with van der Waals surface area (Å²) in [4.78, 5) is 26.8. The van der Waals surface area contributed by atoms with E-state index < -0.39 is 0 Å². The van der Waals surface area contributed by atoms with Crippen molar-refractivity contribution in [3.05, 3.63) is 25.0 Å². The van der Waals surface area contributed by atoms with E-state index in [-0.39, 0.29) is 17.9 Å². The molecule has 0 saturated carbocycles. The minimum Gasteiger partial charge on any atom is -0.356 e. The number of hydrogen-bond acceptors (Lipinski definition) is 6. The Balaban J connectivity index is 1.64. The fraction of sp³-hybridized carbons (Fsp3) is 0.533. The van der Waals surface area contributed by atoms with Crippen molar-refractivity contribution in [3.63, 3.8) is 0 Å². The van der Waals surface area contributed by atoms with E-state index in [2.05, 4.69) is 30.3 Å². The summed E-state index contributed by atoms with van der Waals surface area (Å²) in [6.45, 7) is 5.59. The number of carbonyl (C=O) groups is 1. The molecule has 1 aliphatic rings. The zero-order chi connectivity index (χ0) is 16.2. The van der Waals surface area contributed by atoms with Gasteiger partial charge in [0.05, 0.1) is 0 Å². The predicted octanol–water partition coefficient (Wildman–Crippen LogP) is 0.798. The molecule has 2 aromatic rings. The number of nitrogens with zero attached hydrogens (tertiary/aromatic N) is 6. The molecule has 0 radical (unpaired) electrons. The third kappa shape index (κ3) is 3.64. The van der Waals surface area contributed by atoms with Crippen molar-refractivity contribution in [1.82, 2.24) is 30.0 Å². The molecule has 23 heavy (non-hydrogen) atoms. The molecule has 0 atom stereocenters. The summed E-state index contributed by atoms with van der Waals surface area (Å²) in [6.07, 6.45) is 6.28. The van der Waals surface area contributed by atoms with Gasteiger partial charge in [0.1, 0.15) is 24.8 Å². The molecule has 1 aliphatic heterocycles. The van der Waals surface area contributed by atoms with Gasteiger partial charge >= 0.3 is 0 Å². The molecular weight excluding hydrogens is 294 g/mol. The van der Waals surface area contributed by atoms with Crippen molar-refractivity contribution < 1.29 is 4.79 Å². The quantitative estimate of drug-likeness (QED) is 0.897. The molecule has 122 valence electrons. The Labute approximate surface area is 135 Å². The molecule has 1 fully saturated rings. The van der Waals surface area contributed by atoms with Gasteiger partial charge in [0, 0.05) is 31.1 Å². The lowest BCUT2D eigenvalue weighted by Crippen LogP contribution is -2.42. The number of nitrogens with one attached hydrogen (secondary N) is 1. The Bertz CT molecular complexity index is 648. The highest BCUT2D eigenvalue weighted by Gasteiger charge is 2.26. The topological polar surface area (TPSA) is 88.8 Å². The maximum absolute atomic E-state index is 12.1. The van der Waals surface area contributed by atoms with Crippen LogP contribution in [0.2, 0.25) is 0 Å². The van der Waals surface area contributed by atoms with E-state index in [0.29, 0.717) is 5.82 Å². The average Bonchev–Trinajstić information content (AvgIpc) is 3.09. The van der Waals surface area contributed by atoms with Gasteiger partial charge in [0.25, 0.3) is 0 Å². The Morgan fingerprint density at radius 2 is 1.96 bits per heavy atom. The number of anilines is 1. The highest BCUT2D eigenvalue weighted by Crippen LogP contribution is 2.22. The van der Waals surface area contributed by atoms with Gasteiger partial charge in [-0.15, -0.1) is 0 Å². The fourth-order valence-electron chi connectivity index (χ4n) is 2.74. The molecule has 3 rings (SSSR count). The Morgan fingerprint density at radius 3 is 2.61 bits per heavy atom. The molecule has 1 N–H and O–H groups in total. The van der Waals surface area contributed by atoms with Crippen LogP contribution in [0.4, 0.5) is 5.82 Å². The highest BCUT2D eigenvalue weighted by molar-refractivity contribution is 5.79. The largest absolute Gasteiger partial charge is 0.356 e. The van der Waals surface area contributed by atoms with Crippen molar-refractivity contribution >= 4 is 11.7 Å². The van der Waals surface area contributed by atoms with Crippen LogP contribution in [0.3, 0.4) is 0 Å². The van der Waals surface area contributed by atoms with Crippen molar-refractivity contribution in [3.8, 4) is 5.82 Å². The van der Waals surface area contributed by atoms with Gasteiger partial charge in [-0.05, 0) is 26.7 Å². The van der Waals surface area contributed by atoms with E-state index in [9.17, 15) is 4.79 Å². The van der Waals surface area contributed by atoms with Crippen LogP contribution < -0.4 is 10.2 Å². The summed E-state index contributed by atoms with van der Waals surface area (Å²) >= 11 is 0. The van der Waals surface area contributed by atoms with Crippen LogP contribution >= 0.6 is 0 Å².